The Bertz CT molecular complexity index is 1260. The van der Waals surface area contributed by atoms with E-state index in [4.69, 9.17) is 4.74 Å². The summed E-state index contributed by atoms with van der Waals surface area (Å²) < 4.78 is 5.26. The van der Waals surface area contributed by atoms with Crippen molar-refractivity contribution in [3.63, 3.8) is 0 Å². The molecule has 34 heavy (non-hydrogen) atoms. The number of anilines is 2. The van der Waals surface area contributed by atoms with Gasteiger partial charge in [-0.15, -0.1) is 11.3 Å². The SMILES string of the molecule is CC(OC(=O)c1ccc(N2CCCC2=O)cc1)C(=O)Nc1nc(-c2cccc([N+](=O)[O-])c2)cs1. The minimum absolute atomic E-state index is 0.0523. The summed E-state index contributed by atoms with van der Waals surface area (Å²) in [5.74, 6) is -1.18. The second-order valence-electron chi connectivity index (χ2n) is 7.58. The zero-order valence-corrected chi connectivity index (χ0v) is 18.9. The van der Waals surface area contributed by atoms with Crippen LogP contribution in [0.15, 0.2) is 53.9 Å². The maximum Gasteiger partial charge on any atom is 0.338 e. The first-order valence-electron chi connectivity index (χ1n) is 10.4. The van der Waals surface area contributed by atoms with E-state index < -0.39 is 22.9 Å². The number of benzene rings is 2. The van der Waals surface area contributed by atoms with Crippen LogP contribution in [0.3, 0.4) is 0 Å². The Labute approximate surface area is 198 Å². The molecule has 1 fully saturated rings. The first-order chi connectivity index (χ1) is 16.3. The molecule has 1 aliphatic rings. The second-order valence-corrected chi connectivity index (χ2v) is 8.44. The normalized spacial score (nSPS) is 14.0. The number of thiazole rings is 1. The number of aromatic nitrogens is 1. The van der Waals surface area contributed by atoms with Crippen LogP contribution in [0.25, 0.3) is 11.3 Å². The highest BCUT2D eigenvalue weighted by atomic mass is 32.1. The summed E-state index contributed by atoms with van der Waals surface area (Å²) in [5.41, 5.74) is 1.94. The number of non-ortho nitro benzene ring substituents is 1. The molecule has 0 bridgehead atoms. The first-order valence-corrected chi connectivity index (χ1v) is 11.3. The molecule has 1 aromatic heterocycles. The van der Waals surface area contributed by atoms with Gasteiger partial charge in [-0.25, -0.2) is 9.78 Å². The molecule has 1 atom stereocenters. The first kappa shape index (κ1) is 23.1. The van der Waals surface area contributed by atoms with Crippen LogP contribution in [0.5, 0.6) is 0 Å². The fourth-order valence-corrected chi connectivity index (χ4v) is 4.15. The Morgan fingerprint density at radius 1 is 1.24 bits per heavy atom. The zero-order valence-electron chi connectivity index (χ0n) is 18.1. The number of hydrogen-bond donors (Lipinski definition) is 1. The lowest BCUT2D eigenvalue weighted by Crippen LogP contribution is -2.30. The van der Waals surface area contributed by atoms with Crippen molar-refractivity contribution in [1.29, 1.82) is 0 Å². The molecule has 1 saturated heterocycles. The van der Waals surface area contributed by atoms with E-state index in [9.17, 15) is 24.5 Å². The second kappa shape index (κ2) is 9.79. The number of nitro groups is 1. The van der Waals surface area contributed by atoms with Gasteiger partial charge in [-0.2, -0.15) is 0 Å². The number of carbonyl (C=O) groups excluding carboxylic acids is 3. The van der Waals surface area contributed by atoms with Gasteiger partial charge in [0, 0.05) is 41.7 Å². The van der Waals surface area contributed by atoms with Gasteiger partial charge in [0.25, 0.3) is 11.6 Å². The van der Waals surface area contributed by atoms with Gasteiger partial charge >= 0.3 is 5.97 Å². The minimum atomic E-state index is -1.09. The largest absolute Gasteiger partial charge is 0.449 e. The lowest BCUT2D eigenvalue weighted by molar-refractivity contribution is -0.384. The fraction of sp³-hybridized carbons (Fsp3) is 0.217. The maximum absolute atomic E-state index is 12.5. The average molecular weight is 481 g/mol. The van der Waals surface area contributed by atoms with Crippen LogP contribution in [0.2, 0.25) is 0 Å². The summed E-state index contributed by atoms with van der Waals surface area (Å²) in [6.07, 6.45) is 0.237. The van der Waals surface area contributed by atoms with Gasteiger partial charge in [0.15, 0.2) is 11.2 Å². The number of amides is 2. The Morgan fingerprint density at radius 3 is 2.68 bits per heavy atom. The van der Waals surface area contributed by atoms with Crippen molar-refractivity contribution in [2.75, 3.05) is 16.8 Å². The molecule has 174 valence electrons. The highest BCUT2D eigenvalue weighted by Gasteiger charge is 2.23. The third kappa shape index (κ3) is 5.09. The molecular formula is C23H20N4O6S. The number of esters is 1. The smallest absolute Gasteiger partial charge is 0.338 e. The summed E-state index contributed by atoms with van der Waals surface area (Å²) in [4.78, 5) is 53.2. The Morgan fingerprint density at radius 2 is 2.00 bits per heavy atom. The van der Waals surface area contributed by atoms with Crippen molar-refractivity contribution in [2.45, 2.75) is 25.9 Å². The van der Waals surface area contributed by atoms with Crippen LogP contribution in [0.1, 0.15) is 30.1 Å². The summed E-state index contributed by atoms with van der Waals surface area (Å²) in [5, 5.41) is 15.5. The number of rotatable bonds is 7. The minimum Gasteiger partial charge on any atom is -0.449 e. The van der Waals surface area contributed by atoms with Crippen LogP contribution in [-0.2, 0) is 14.3 Å². The molecule has 0 radical (unpaired) electrons. The van der Waals surface area contributed by atoms with Gasteiger partial charge in [0.2, 0.25) is 5.91 Å². The molecule has 1 N–H and O–H groups in total. The Hall–Kier alpha value is -4.12. The zero-order chi connectivity index (χ0) is 24.2. The third-order valence-electron chi connectivity index (χ3n) is 5.23. The predicted octanol–water partition coefficient (Wildman–Crippen LogP) is 4.03. The number of nitrogens with zero attached hydrogens (tertiary/aromatic N) is 3. The summed E-state index contributed by atoms with van der Waals surface area (Å²) in [7, 11) is 0. The van der Waals surface area contributed by atoms with Gasteiger partial charge in [-0.05, 0) is 37.6 Å². The van der Waals surface area contributed by atoms with Gasteiger partial charge < -0.3 is 9.64 Å². The van der Waals surface area contributed by atoms with Gasteiger partial charge in [0.05, 0.1) is 16.2 Å². The summed E-state index contributed by atoms with van der Waals surface area (Å²) >= 11 is 1.15. The van der Waals surface area contributed by atoms with Crippen LogP contribution in [0.4, 0.5) is 16.5 Å². The van der Waals surface area contributed by atoms with Crippen molar-refractivity contribution in [3.05, 3.63) is 69.6 Å². The van der Waals surface area contributed by atoms with E-state index in [-0.39, 0.29) is 22.3 Å². The molecular weight excluding hydrogens is 460 g/mol. The van der Waals surface area contributed by atoms with E-state index in [0.29, 0.717) is 29.9 Å². The average Bonchev–Trinajstić information content (AvgIpc) is 3.48. The fourth-order valence-electron chi connectivity index (χ4n) is 3.43. The van der Waals surface area contributed by atoms with Crippen molar-refractivity contribution < 1.29 is 24.0 Å². The molecule has 1 aliphatic heterocycles. The monoisotopic (exact) mass is 480 g/mol. The molecule has 11 heteroatoms. The topological polar surface area (TPSA) is 132 Å². The van der Waals surface area contributed by atoms with Gasteiger partial charge in [-0.3, -0.25) is 25.0 Å². The van der Waals surface area contributed by atoms with Crippen LogP contribution >= 0.6 is 11.3 Å². The van der Waals surface area contributed by atoms with Gasteiger partial charge in [0.1, 0.15) is 0 Å². The van der Waals surface area contributed by atoms with Crippen molar-refractivity contribution in [3.8, 4) is 11.3 Å². The molecule has 1 unspecified atom stereocenters. The molecule has 0 aliphatic carbocycles. The van der Waals surface area contributed by atoms with Crippen molar-refractivity contribution in [2.24, 2.45) is 0 Å². The molecule has 0 saturated carbocycles. The molecule has 2 heterocycles. The van der Waals surface area contributed by atoms with E-state index in [1.165, 1.54) is 19.1 Å². The number of ether oxygens (including phenoxy) is 1. The van der Waals surface area contributed by atoms with Crippen LogP contribution < -0.4 is 10.2 Å². The lowest BCUT2D eigenvalue weighted by atomic mass is 10.1. The number of nitro benzene ring substituents is 1. The van der Waals surface area contributed by atoms with E-state index in [0.717, 1.165) is 17.8 Å². The Balaban J connectivity index is 1.35. The quantitative estimate of drug-likeness (QED) is 0.307. The number of nitrogens with one attached hydrogen (secondary N) is 1. The van der Waals surface area contributed by atoms with E-state index in [2.05, 4.69) is 10.3 Å². The highest BCUT2D eigenvalue weighted by molar-refractivity contribution is 7.14. The van der Waals surface area contributed by atoms with Crippen LogP contribution in [-0.4, -0.2) is 40.3 Å². The third-order valence-corrected chi connectivity index (χ3v) is 5.99. The molecule has 10 nitrogen and oxygen atoms in total. The highest BCUT2D eigenvalue weighted by Crippen LogP contribution is 2.28. The Kier molecular flexibility index (Phi) is 6.64. The molecule has 4 rings (SSSR count). The summed E-state index contributed by atoms with van der Waals surface area (Å²) in [6, 6.07) is 12.5. The van der Waals surface area contributed by atoms with Crippen molar-refractivity contribution >= 4 is 45.6 Å². The maximum atomic E-state index is 12.5. The molecule has 2 aromatic carbocycles. The summed E-state index contributed by atoms with van der Waals surface area (Å²) in [6.45, 7) is 2.10. The molecule has 2 amide bonds. The molecule has 0 spiro atoms. The van der Waals surface area contributed by atoms with Crippen LogP contribution in [0, 0.1) is 10.1 Å². The van der Waals surface area contributed by atoms with E-state index in [1.54, 1.807) is 46.7 Å². The standard InChI is InChI=1S/C23H20N4O6S/c1-14(33-22(30)15-7-9-17(10-8-15)26-11-3-6-20(26)28)21(29)25-23-24-19(13-34-23)16-4-2-5-18(12-16)27(31)32/h2,4-5,7-10,12-14H,3,6,11H2,1H3,(H,24,25,29). The van der Waals surface area contributed by atoms with E-state index in [1.807, 2.05) is 0 Å². The number of carbonyl (C=O) groups is 3. The molecule has 3 aromatic rings. The van der Waals surface area contributed by atoms with Gasteiger partial charge in [-0.1, -0.05) is 12.1 Å². The number of hydrogen-bond acceptors (Lipinski definition) is 8. The van der Waals surface area contributed by atoms with Crippen molar-refractivity contribution in [1.82, 2.24) is 4.98 Å². The predicted molar refractivity (Wildman–Crippen MR) is 126 cm³/mol. The lowest BCUT2D eigenvalue weighted by Gasteiger charge is -2.16. The van der Waals surface area contributed by atoms with E-state index >= 15 is 0 Å².